The largest absolute Gasteiger partial charge is 0.340 e. The third kappa shape index (κ3) is 4.30. The quantitative estimate of drug-likeness (QED) is 0.884. The van der Waals surface area contributed by atoms with Crippen LogP contribution in [0, 0.1) is 6.92 Å². The Morgan fingerprint density at radius 1 is 1.47 bits per heavy atom. The summed E-state index contributed by atoms with van der Waals surface area (Å²) in [5.74, 6) is 0.288. The van der Waals surface area contributed by atoms with E-state index in [0.29, 0.717) is 6.42 Å². The first-order valence-electron chi connectivity index (χ1n) is 6.87. The summed E-state index contributed by atoms with van der Waals surface area (Å²) in [4.78, 5) is 17.7. The Bertz CT molecular complexity index is 413. The molecule has 0 aromatic carbocycles. The van der Waals surface area contributed by atoms with E-state index in [1.807, 2.05) is 4.90 Å². The number of amides is 1. The van der Waals surface area contributed by atoms with Gasteiger partial charge in [0.2, 0.25) is 5.91 Å². The summed E-state index contributed by atoms with van der Waals surface area (Å²) in [7, 11) is 2.09. The van der Waals surface area contributed by atoms with Crippen molar-refractivity contribution >= 4 is 17.2 Å². The van der Waals surface area contributed by atoms with Gasteiger partial charge in [-0.15, -0.1) is 11.3 Å². The number of hydrogen-bond acceptors (Lipinski definition) is 4. The average molecular weight is 281 g/mol. The number of carbonyl (C=O) groups is 1. The fraction of sp³-hybridized carbons (Fsp3) is 0.643. The van der Waals surface area contributed by atoms with Crippen molar-refractivity contribution in [2.45, 2.75) is 19.9 Å². The van der Waals surface area contributed by atoms with Crippen LogP contribution in [0.1, 0.15) is 16.9 Å². The highest BCUT2D eigenvalue weighted by Crippen LogP contribution is 2.17. The van der Waals surface area contributed by atoms with Crippen LogP contribution in [-0.4, -0.2) is 55.5 Å². The molecule has 2 heterocycles. The Morgan fingerprint density at radius 2 is 2.21 bits per heavy atom. The van der Waals surface area contributed by atoms with E-state index >= 15 is 0 Å². The first kappa shape index (κ1) is 14.5. The van der Waals surface area contributed by atoms with E-state index in [0.717, 1.165) is 39.3 Å². The lowest BCUT2D eigenvalue weighted by Gasteiger charge is -2.28. The van der Waals surface area contributed by atoms with Crippen molar-refractivity contribution in [2.24, 2.45) is 0 Å². The summed E-state index contributed by atoms with van der Waals surface area (Å²) in [5, 5.41) is 5.40. The van der Waals surface area contributed by atoms with Crippen LogP contribution >= 0.6 is 11.3 Å². The highest BCUT2D eigenvalue weighted by molar-refractivity contribution is 7.10. The lowest BCUT2D eigenvalue weighted by atomic mass is 10.2. The van der Waals surface area contributed by atoms with E-state index in [-0.39, 0.29) is 5.91 Å². The van der Waals surface area contributed by atoms with Crippen molar-refractivity contribution in [3.63, 3.8) is 0 Å². The lowest BCUT2D eigenvalue weighted by molar-refractivity contribution is -0.132. The van der Waals surface area contributed by atoms with Gasteiger partial charge in [0.05, 0.1) is 0 Å². The first-order valence-corrected chi connectivity index (χ1v) is 7.75. The molecule has 1 aliphatic rings. The predicted molar refractivity (Wildman–Crippen MR) is 79.5 cm³/mol. The van der Waals surface area contributed by atoms with Crippen molar-refractivity contribution in [3.8, 4) is 0 Å². The average Bonchev–Trinajstić information content (AvgIpc) is 2.82. The summed E-state index contributed by atoms with van der Waals surface area (Å²) in [6.07, 6.45) is 0.626. The van der Waals surface area contributed by atoms with Gasteiger partial charge in [-0.05, 0) is 31.0 Å². The van der Waals surface area contributed by atoms with E-state index in [4.69, 9.17) is 0 Å². The summed E-state index contributed by atoms with van der Waals surface area (Å²) in [5.41, 5.74) is 1.35. The number of nitrogens with zero attached hydrogens (tertiary/aromatic N) is 2. The smallest absolute Gasteiger partial charge is 0.223 e. The van der Waals surface area contributed by atoms with Gasteiger partial charge in [0.15, 0.2) is 0 Å². The lowest BCUT2D eigenvalue weighted by Crippen LogP contribution is -2.47. The minimum absolute atomic E-state index is 0.288. The number of rotatable bonds is 5. The van der Waals surface area contributed by atoms with Gasteiger partial charge in [-0.25, -0.2) is 0 Å². The molecule has 1 amide bonds. The van der Waals surface area contributed by atoms with Gasteiger partial charge in [0.1, 0.15) is 0 Å². The Kier molecular flexibility index (Phi) is 5.36. The number of piperazine rings is 1. The molecular formula is C14H23N3OS. The van der Waals surface area contributed by atoms with E-state index in [1.165, 1.54) is 10.4 Å². The number of hydrogen-bond donors (Lipinski definition) is 1. The van der Waals surface area contributed by atoms with Crippen LogP contribution in [0.5, 0.6) is 0 Å². The van der Waals surface area contributed by atoms with Crippen LogP contribution in [0.15, 0.2) is 11.4 Å². The summed E-state index contributed by atoms with van der Waals surface area (Å²) in [6, 6.07) is 2.15. The highest BCUT2D eigenvalue weighted by Gasteiger charge is 2.16. The highest BCUT2D eigenvalue weighted by atomic mass is 32.1. The van der Waals surface area contributed by atoms with Gasteiger partial charge in [0.25, 0.3) is 0 Å². The van der Waals surface area contributed by atoms with Crippen molar-refractivity contribution < 1.29 is 4.79 Å². The van der Waals surface area contributed by atoms with Crippen LogP contribution in [0.3, 0.4) is 0 Å². The van der Waals surface area contributed by atoms with Crippen molar-refractivity contribution in [2.75, 3.05) is 39.8 Å². The standard InChI is InChI=1S/C14H23N3OS/c1-12-4-10-19-13(12)11-16(2)7-3-14(18)17-8-5-15-6-9-17/h4,10,15H,3,5-9,11H2,1-2H3. The second-order valence-electron chi connectivity index (χ2n) is 5.15. The molecule has 5 heteroatoms. The Hall–Kier alpha value is -0.910. The monoisotopic (exact) mass is 281 g/mol. The SMILES string of the molecule is Cc1ccsc1CN(C)CCC(=O)N1CCNCC1. The van der Waals surface area contributed by atoms with E-state index in [9.17, 15) is 4.79 Å². The van der Waals surface area contributed by atoms with Crippen LogP contribution in [-0.2, 0) is 11.3 Å². The van der Waals surface area contributed by atoms with Crippen LogP contribution in [0.4, 0.5) is 0 Å². The Labute approximate surface area is 119 Å². The summed E-state index contributed by atoms with van der Waals surface area (Å²) < 4.78 is 0. The third-order valence-corrected chi connectivity index (χ3v) is 4.57. The normalized spacial score (nSPS) is 16.1. The van der Waals surface area contributed by atoms with E-state index < -0.39 is 0 Å². The molecule has 2 rings (SSSR count). The molecule has 1 aliphatic heterocycles. The molecule has 1 saturated heterocycles. The molecule has 0 radical (unpaired) electrons. The molecule has 0 bridgehead atoms. The first-order chi connectivity index (χ1) is 9.16. The maximum atomic E-state index is 12.0. The van der Waals surface area contributed by atoms with E-state index in [1.54, 1.807) is 11.3 Å². The molecular weight excluding hydrogens is 258 g/mol. The Morgan fingerprint density at radius 3 is 2.84 bits per heavy atom. The van der Waals surface area contributed by atoms with Crippen LogP contribution in [0.25, 0.3) is 0 Å². The fourth-order valence-corrected chi connectivity index (χ4v) is 3.23. The maximum absolute atomic E-state index is 12.0. The molecule has 1 aromatic heterocycles. The van der Waals surface area contributed by atoms with Gasteiger partial charge >= 0.3 is 0 Å². The van der Waals surface area contributed by atoms with Gasteiger partial charge in [0, 0.05) is 50.6 Å². The zero-order valence-electron chi connectivity index (χ0n) is 11.8. The Balaban J connectivity index is 1.72. The summed E-state index contributed by atoms with van der Waals surface area (Å²) in [6.45, 7) is 7.48. The minimum Gasteiger partial charge on any atom is -0.340 e. The molecule has 4 nitrogen and oxygen atoms in total. The minimum atomic E-state index is 0.288. The van der Waals surface area contributed by atoms with Crippen molar-refractivity contribution in [1.29, 1.82) is 0 Å². The second-order valence-corrected chi connectivity index (χ2v) is 6.15. The molecule has 106 valence electrons. The van der Waals surface area contributed by atoms with Gasteiger partial charge in [-0.3, -0.25) is 4.79 Å². The number of nitrogens with one attached hydrogen (secondary N) is 1. The van der Waals surface area contributed by atoms with E-state index in [2.05, 4.69) is 35.6 Å². The molecule has 1 fully saturated rings. The number of carbonyl (C=O) groups excluding carboxylic acids is 1. The molecule has 0 aliphatic carbocycles. The molecule has 1 N–H and O–H groups in total. The zero-order valence-corrected chi connectivity index (χ0v) is 12.6. The van der Waals surface area contributed by atoms with Gasteiger partial charge in [-0.1, -0.05) is 0 Å². The third-order valence-electron chi connectivity index (χ3n) is 3.56. The fourth-order valence-electron chi connectivity index (χ4n) is 2.25. The maximum Gasteiger partial charge on any atom is 0.223 e. The van der Waals surface area contributed by atoms with Gasteiger partial charge in [-0.2, -0.15) is 0 Å². The van der Waals surface area contributed by atoms with Crippen molar-refractivity contribution in [3.05, 3.63) is 21.9 Å². The molecule has 0 spiro atoms. The van der Waals surface area contributed by atoms with Crippen LogP contribution in [0.2, 0.25) is 0 Å². The molecule has 19 heavy (non-hydrogen) atoms. The van der Waals surface area contributed by atoms with Gasteiger partial charge < -0.3 is 15.1 Å². The molecule has 0 saturated carbocycles. The number of aryl methyl sites for hydroxylation is 1. The molecule has 0 atom stereocenters. The summed E-state index contributed by atoms with van der Waals surface area (Å²) >= 11 is 1.79. The molecule has 0 unspecified atom stereocenters. The van der Waals surface area contributed by atoms with Crippen LogP contribution < -0.4 is 5.32 Å². The second kappa shape index (κ2) is 7.03. The zero-order chi connectivity index (χ0) is 13.7. The topological polar surface area (TPSA) is 35.6 Å². The number of thiophene rings is 1. The van der Waals surface area contributed by atoms with Crippen molar-refractivity contribution in [1.82, 2.24) is 15.1 Å². The molecule has 1 aromatic rings. The predicted octanol–water partition coefficient (Wildman–Crippen LogP) is 1.31.